The second kappa shape index (κ2) is 8.68. The van der Waals surface area contributed by atoms with Gasteiger partial charge in [-0.2, -0.15) is 0 Å². The first-order valence-electron chi connectivity index (χ1n) is 9.08. The van der Waals surface area contributed by atoms with Crippen LogP contribution in [0.4, 0.5) is 0 Å². The lowest BCUT2D eigenvalue weighted by molar-refractivity contribution is 0.416. The van der Waals surface area contributed by atoms with Crippen molar-refractivity contribution in [2.45, 2.75) is 26.9 Å². The molecule has 1 heterocycles. The molecule has 136 valence electrons. The van der Waals surface area contributed by atoms with Crippen LogP contribution < -0.4 is 10.1 Å². The van der Waals surface area contributed by atoms with E-state index in [2.05, 4.69) is 52.1 Å². The molecule has 0 saturated carbocycles. The van der Waals surface area contributed by atoms with Gasteiger partial charge in [0.05, 0.1) is 7.11 Å². The second-order valence-corrected chi connectivity index (χ2v) is 6.76. The summed E-state index contributed by atoms with van der Waals surface area (Å²) in [4.78, 5) is 4.28. The van der Waals surface area contributed by atoms with E-state index in [9.17, 15) is 0 Å². The van der Waals surface area contributed by atoms with Crippen molar-refractivity contribution in [3.05, 3.63) is 72.3 Å². The Labute approximate surface area is 155 Å². The first kappa shape index (κ1) is 18.2. The van der Waals surface area contributed by atoms with Gasteiger partial charge in [0.1, 0.15) is 11.6 Å². The number of benzene rings is 2. The zero-order chi connectivity index (χ0) is 18.4. The van der Waals surface area contributed by atoms with Crippen LogP contribution in [-0.2, 0) is 13.1 Å². The van der Waals surface area contributed by atoms with E-state index in [0.29, 0.717) is 5.92 Å². The van der Waals surface area contributed by atoms with Crippen molar-refractivity contribution in [1.82, 2.24) is 14.9 Å². The molecule has 0 aliphatic carbocycles. The molecule has 3 aromatic rings. The zero-order valence-electron chi connectivity index (χ0n) is 15.8. The van der Waals surface area contributed by atoms with E-state index >= 15 is 0 Å². The average Bonchev–Trinajstić information content (AvgIpc) is 3.07. The molecule has 0 amide bonds. The van der Waals surface area contributed by atoms with Gasteiger partial charge in [0, 0.05) is 31.0 Å². The summed E-state index contributed by atoms with van der Waals surface area (Å²) in [5.41, 5.74) is 3.59. The number of para-hydroxylation sites is 1. The van der Waals surface area contributed by atoms with E-state index in [0.717, 1.165) is 36.8 Å². The van der Waals surface area contributed by atoms with Gasteiger partial charge < -0.3 is 14.6 Å². The number of aryl methyl sites for hydroxylation is 1. The normalized spacial score (nSPS) is 12.1. The van der Waals surface area contributed by atoms with Gasteiger partial charge in [-0.3, -0.25) is 0 Å². The maximum Gasteiger partial charge on any atom is 0.126 e. The van der Waals surface area contributed by atoms with Crippen molar-refractivity contribution in [2.75, 3.05) is 13.7 Å². The first-order chi connectivity index (χ1) is 12.7. The Hall–Kier alpha value is -2.59. The first-order valence-corrected chi connectivity index (χ1v) is 9.08. The Morgan fingerprint density at radius 1 is 1.12 bits per heavy atom. The monoisotopic (exact) mass is 349 g/mol. The van der Waals surface area contributed by atoms with E-state index in [1.165, 1.54) is 11.1 Å². The lowest BCUT2D eigenvalue weighted by Gasteiger charge is -2.15. The topological polar surface area (TPSA) is 39.1 Å². The predicted octanol–water partition coefficient (Wildman–Crippen LogP) is 4.29. The lowest BCUT2D eigenvalue weighted by atomic mass is 10.0. The summed E-state index contributed by atoms with van der Waals surface area (Å²) in [5.74, 6) is 2.53. The Morgan fingerprint density at radius 2 is 1.88 bits per heavy atom. The highest BCUT2D eigenvalue weighted by Gasteiger charge is 2.06. The number of imidazole rings is 1. The molecule has 1 N–H and O–H groups in total. The van der Waals surface area contributed by atoms with Crippen molar-refractivity contribution in [3.8, 4) is 16.9 Å². The summed E-state index contributed by atoms with van der Waals surface area (Å²) in [6, 6.07) is 16.8. The fourth-order valence-electron chi connectivity index (χ4n) is 3.15. The Kier molecular flexibility index (Phi) is 6.08. The van der Waals surface area contributed by atoms with Crippen LogP contribution in [0.2, 0.25) is 0 Å². The van der Waals surface area contributed by atoms with Crippen LogP contribution in [0.5, 0.6) is 5.75 Å². The van der Waals surface area contributed by atoms with Gasteiger partial charge in [-0.05, 0) is 36.6 Å². The number of methoxy groups -OCH3 is 1. The van der Waals surface area contributed by atoms with Gasteiger partial charge >= 0.3 is 0 Å². The SMILES string of the molecule is COc1ccccc1-c1ccc(CNCC(C)Cn2ccnc2C)cc1. The van der Waals surface area contributed by atoms with Gasteiger partial charge in [0.15, 0.2) is 0 Å². The summed E-state index contributed by atoms with van der Waals surface area (Å²) in [6.07, 6.45) is 3.90. The molecule has 1 aromatic heterocycles. The molecule has 0 aliphatic heterocycles. The molecular formula is C22H27N3O. The van der Waals surface area contributed by atoms with Gasteiger partial charge in [-0.15, -0.1) is 0 Å². The summed E-state index contributed by atoms with van der Waals surface area (Å²) in [7, 11) is 1.71. The maximum absolute atomic E-state index is 5.45. The molecule has 26 heavy (non-hydrogen) atoms. The maximum atomic E-state index is 5.45. The smallest absolute Gasteiger partial charge is 0.126 e. The number of nitrogens with zero attached hydrogens (tertiary/aromatic N) is 2. The van der Waals surface area contributed by atoms with E-state index in [1.54, 1.807) is 7.11 Å². The second-order valence-electron chi connectivity index (χ2n) is 6.76. The molecule has 0 aliphatic rings. The average molecular weight is 349 g/mol. The van der Waals surface area contributed by atoms with Crippen LogP contribution in [0.25, 0.3) is 11.1 Å². The lowest BCUT2D eigenvalue weighted by Crippen LogP contribution is -2.24. The van der Waals surface area contributed by atoms with Crippen molar-refractivity contribution in [1.29, 1.82) is 0 Å². The number of hydrogen-bond acceptors (Lipinski definition) is 3. The summed E-state index contributed by atoms with van der Waals surface area (Å²) >= 11 is 0. The van der Waals surface area contributed by atoms with E-state index < -0.39 is 0 Å². The van der Waals surface area contributed by atoms with Crippen LogP contribution in [0.3, 0.4) is 0 Å². The van der Waals surface area contributed by atoms with Crippen molar-refractivity contribution in [3.63, 3.8) is 0 Å². The third-order valence-corrected chi connectivity index (χ3v) is 4.63. The van der Waals surface area contributed by atoms with Crippen LogP contribution in [0.15, 0.2) is 60.9 Å². The van der Waals surface area contributed by atoms with Crippen LogP contribution in [-0.4, -0.2) is 23.2 Å². The molecule has 2 aromatic carbocycles. The molecule has 3 rings (SSSR count). The third kappa shape index (κ3) is 4.52. The van der Waals surface area contributed by atoms with E-state index in [1.807, 2.05) is 37.5 Å². The van der Waals surface area contributed by atoms with E-state index in [-0.39, 0.29) is 0 Å². The van der Waals surface area contributed by atoms with Crippen molar-refractivity contribution >= 4 is 0 Å². The summed E-state index contributed by atoms with van der Waals surface area (Å²) in [6.45, 7) is 7.15. The van der Waals surface area contributed by atoms with Crippen LogP contribution in [0.1, 0.15) is 18.3 Å². The highest BCUT2D eigenvalue weighted by Crippen LogP contribution is 2.29. The summed E-state index contributed by atoms with van der Waals surface area (Å²) in [5, 5.41) is 3.56. The van der Waals surface area contributed by atoms with Gasteiger partial charge in [0.25, 0.3) is 0 Å². The number of aromatic nitrogens is 2. The number of rotatable bonds is 8. The fourth-order valence-corrected chi connectivity index (χ4v) is 3.15. The third-order valence-electron chi connectivity index (χ3n) is 4.63. The Morgan fingerprint density at radius 3 is 2.58 bits per heavy atom. The minimum Gasteiger partial charge on any atom is -0.496 e. The highest BCUT2D eigenvalue weighted by molar-refractivity contribution is 5.70. The minimum absolute atomic E-state index is 0.552. The molecule has 0 bridgehead atoms. The van der Waals surface area contributed by atoms with Gasteiger partial charge in [0.2, 0.25) is 0 Å². The van der Waals surface area contributed by atoms with Crippen LogP contribution >= 0.6 is 0 Å². The van der Waals surface area contributed by atoms with Crippen LogP contribution in [0, 0.1) is 12.8 Å². The molecule has 4 nitrogen and oxygen atoms in total. The molecular weight excluding hydrogens is 322 g/mol. The number of ether oxygens (including phenoxy) is 1. The predicted molar refractivity (Wildman–Crippen MR) is 106 cm³/mol. The Bertz CT molecular complexity index is 823. The molecule has 4 heteroatoms. The molecule has 0 spiro atoms. The minimum atomic E-state index is 0.552. The highest BCUT2D eigenvalue weighted by atomic mass is 16.5. The zero-order valence-corrected chi connectivity index (χ0v) is 15.8. The van der Waals surface area contributed by atoms with Gasteiger partial charge in [-0.1, -0.05) is 49.4 Å². The van der Waals surface area contributed by atoms with Crippen molar-refractivity contribution < 1.29 is 4.74 Å². The fraction of sp³-hybridized carbons (Fsp3) is 0.318. The molecule has 0 saturated heterocycles. The van der Waals surface area contributed by atoms with E-state index in [4.69, 9.17) is 4.74 Å². The molecule has 0 radical (unpaired) electrons. The largest absolute Gasteiger partial charge is 0.496 e. The summed E-state index contributed by atoms with van der Waals surface area (Å²) < 4.78 is 7.66. The number of hydrogen-bond donors (Lipinski definition) is 1. The van der Waals surface area contributed by atoms with Gasteiger partial charge in [-0.25, -0.2) is 4.98 Å². The Balaban J connectivity index is 1.52. The quantitative estimate of drug-likeness (QED) is 0.659. The molecule has 1 atom stereocenters. The van der Waals surface area contributed by atoms with Crippen molar-refractivity contribution in [2.24, 2.45) is 5.92 Å². The molecule has 0 fully saturated rings. The standard InChI is InChI=1S/C22H27N3O/c1-17(16-25-13-12-24-18(25)2)14-23-15-19-8-10-20(11-9-19)21-6-4-5-7-22(21)26-3/h4-13,17,23H,14-16H2,1-3H3. The molecule has 1 unspecified atom stereocenters. The number of nitrogens with one attached hydrogen (secondary N) is 1.